The van der Waals surface area contributed by atoms with Gasteiger partial charge in [0, 0.05) is 17.4 Å². The Morgan fingerprint density at radius 3 is 2.27 bits per heavy atom. The SMILES string of the molecule is C#CC(CC[C@@H](C)C(C)C)[C@H]1CCC(C)[C@]1(C)CCC1CCCC2C[C@@H](CCC(COC(=O)C(=C)C)COC(=O)C(=C)CO)CC[C@]12C. The molecule has 0 heterocycles. The maximum atomic E-state index is 12.2. The van der Waals surface area contributed by atoms with Crippen LogP contribution in [0.5, 0.6) is 0 Å². The number of aliphatic hydroxyl groups excluding tert-OH is 1. The van der Waals surface area contributed by atoms with Crippen molar-refractivity contribution in [3.05, 3.63) is 24.3 Å². The van der Waals surface area contributed by atoms with E-state index in [0.29, 0.717) is 40.1 Å². The topological polar surface area (TPSA) is 72.8 Å². The summed E-state index contributed by atoms with van der Waals surface area (Å²) in [6.45, 7) is 23.5. The van der Waals surface area contributed by atoms with E-state index in [1.54, 1.807) is 6.92 Å². The van der Waals surface area contributed by atoms with Crippen molar-refractivity contribution in [2.75, 3.05) is 19.8 Å². The van der Waals surface area contributed by atoms with Gasteiger partial charge in [0.25, 0.3) is 0 Å². The van der Waals surface area contributed by atoms with Crippen LogP contribution in [0.1, 0.15) is 138 Å². The second-order valence-corrected chi connectivity index (χ2v) is 17.4. The number of rotatable bonds is 18. The molecule has 5 unspecified atom stereocenters. The predicted octanol–water partition coefficient (Wildman–Crippen LogP) is 9.97. The van der Waals surface area contributed by atoms with Crippen molar-refractivity contribution in [3.63, 3.8) is 0 Å². The first-order valence-corrected chi connectivity index (χ1v) is 19.4. The minimum atomic E-state index is -0.599. The third-order valence-electron chi connectivity index (χ3n) is 14.1. The van der Waals surface area contributed by atoms with E-state index in [2.05, 4.69) is 60.6 Å². The Balaban J connectivity index is 1.60. The van der Waals surface area contributed by atoms with E-state index in [9.17, 15) is 14.7 Å². The molecular weight excluding hydrogens is 596 g/mol. The summed E-state index contributed by atoms with van der Waals surface area (Å²) >= 11 is 0. The molecule has 0 bridgehead atoms. The number of ether oxygens (including phenoxy) is 2. The normalized spacial score (nSPS) is 32.0. The molecule has 0 aliphatic heterocycles. The fourth-order valence-electron chi connectivity index (χ4n) is 9.74. The number of terminal acetylenes is 1. The summed E-state index contributed by atoms with van der Waals surface area (Å²) in [6, 6.07) is 0. The van der Waals surface area contributed by atoms with E-state index >= 15 is 0 Å². The van der Waals surface area contributed by atoms with E-state index in [1.807, 2.05) is 0 Å². The van der Waals surface area contributed by atoms with E-state index in [0.717, 1.165) is 36.5 Å². The van der Waals surface area contributed by atoms with Gasteiger partial charge in [0.1, 0.15) is 0 Å². The van der Waals surface area contributed by atoms with Crippen LogP contribution in [0.15, 0.2) is 24.3 Å². The van der Waals surface area contributed by atoms with Crippen molar-refractivity contribution >= 4 is 11.9 Å². The average Bonchev–Trinajstić information content (AvgIpc) is 3.35. The monoisotopic (exact) mass is 667 g/mol. The first-order valence-electron chi connectivity index (χ1n) is 19.4. The zero-order valence-corrected chi connectivity index (χ0v) is 31.8. The van der Waals surface area contributed by atoms with Gasteiger partial charge >= 0.3 is 11.9 Å². The lowest BCUT2D eigenvalue weighted by Crippen LogP contribution is -2.44. The molecule has 0 spiro atoms. The molecule has 3 fully saturated rings. The van der Waals surface area contributed by atoms with Crippen LogP contribution in [-0.2, 0) is 19.1 Å². The highest BCUT2D eigenvalue weighted by atomic mass is 16.5. The molecule has 0 saturated heterocycles. The summed E-state index contributed by atoms with van der Waals surface area (Å²) in [7, 11) is 0. The van der Waals surface area contributed by atoms with Gasteiger partial charge in [-0.25, -0.2) is 9.59 Å². The third kappa shape index (κ3) is 10.2. The largest absolute Gasteiger partial charge is 0.462 e. The van der Waals surface area contributed by atoms with E-state index < -0.39 is 18.5 Å². The Labute approximate surface area is 294 Å². The van der Waals surface area contributed by atoms with Crippen LogP contribution in [0.3, 0.4) is 0 Å². The standard InChI is InChI=1S/C43H70O5/c1-11-36(19-15-31(6)29(2)3)39-20-16-33(8)42(39,9)24-22-37-13-12-14-38-25-34(21-23-43(37,38)10)17-18-35(27-47-40(45)30(4)5)28-48-41(46)32(7)26-44/h1,29,31,33-39,44H,4,7,12-28H2,2-3,5-6,8-10H3/t31-,33?,34+,35?,36?,37?,38?,39-,42+,43-/m1/s1. The summed E-state index contributed by atoms with van der Waals surface area (Å²) in [6.07, 6.45) is 23.6. The lowest BCUT2D eigenvalue weighted by Gasteiger charge is -2.53. The van der Waals surface area contributed by atoms with Gasteiger partial charge in [-0.05, 0) is 143 Å². The minimum absolute atomic E-state index is 0.0325. The molecule has 3 rings (SSSR count). The molecule has 1 N–H and O–H groups in total. The van der Waals surface area contributed by atoms with E-state index in [1.165, 1.54) is 77.0 Å². The van der Waals surface area contributed by atoms with Crippen molar-refractivity contribution in [2.24, 2.45) is 64.1 Å². The van der Waals surface area contributed by atoms with Gasteiger partial charge in [0.2, 0.25) is 0 Å². The molecule has 0 amide bonds. The van der Waals surface area contributed by atoms with Crippen LogP contribution in [0.4, 0.5) is 0 Å². The molecule has 3 saturated carbocycles. The summed E-state index contributed by atoms with van der Waals surface area (Å²) < 4.78 is 10.9. The molecule has 10 atom stereocenters. The number of hydrogen-bond acceptors (Lipinski definition) is 5. The molecule has 0 radical (unpaired) electrons. The van der Waals surface area contributed by atoms with Gasteiger partial charge in [0.15, 0.2) is 0 Å². The molecule has 5 nitrogen and oxygen atoms in total. The zero-order valence-electron chi connectivity index (χ0n) is 31.8. The van der Waals surface area contributed by atoms with Crippen molar-refractivity contribution < 1.29 is 24.2 Å². The Bertz CT molecular complexity index is 1130. The van der Waals surface area contributed by atoms with E-state index in [4.69, 9.17) is 15.9 Å². The molecule has 272 valence electrons. The summed E-state index contributed by atoms with van der Waals surface area (Å²) in [5.74, 6) is 7.55. The number of fused-ring (bicyclic) bond motifs is 1. The highest BCUT2D eigenvalue weighted by Crippen LogP contribution is 2.59. The molecule has 0 aromatic rings. The number of hydrogen-bond donors (Lipinski definition) is 1. The minimum Gasteiger partial charge on any atom is -0.462 e. The van der Waals surface area contributed by atoms with Crippen molar-refractivity contribution in [1.29, 1.82) is 0 Å². The lowest BCUT2D eigenvalue weighted by molar-refractivity contribution is -0.144. The van der Waals surface area contributed by atoms with Gasteiger partial charge in [-0.3, -0.25) is 0 Å². The highest BCUT2D eigenvalue weighted by Gasteiger charge is 2.50. The number of esters is 2. The number of aliphatic hydroxyl groups is 1. The second-order valence-electron chi connectivity index (χ2n) is 17.4. The van der Waals surface area contributed by atoms with Crippen molar-refractivity contribution in [1.82, 2.24) is 0 Å². The summed E-state index contributed by atoms with van der Waals surface area (Å²) in [5.41, 5.74) is 1.12. The molecule has 0 aromatic heterocycles. The summed E-state index contributed by atoms with van der Waals surface area (Å²) in [5, 5.41) is 9.24. The highest BCUT2D eigenvalue weighted by molar-refractivity contribution is 5.88. The fraction of sp³-hybridized carbons (Fsp3) is 0.814. The Hall–Kier alpha value is -2.06. The first kappa shape index (κ1) is 40.4. The van der Waals surface area contributed by atoms with Crippen LogP contribution in [0.2, 0.25) is 0 Å². The van der Waals surface area contributed by atoms with Gasteiger partial charge < -0.3 is 14.6 Å². The second kappa shape index (κ2) is 18.3. The first-order chi connectivity index (χ1) is 22.7. The third-order valence-corrected chi connectivity index (χ3v) is 14.1. The van der Waals surface area contributed by atoms with Crippen LogP contribution >= 0.6 is 0 Å². The molecule has 3 aliphatic carbocycles. The van der Waals surface area contributed by atoms with Gasteiger partial charge in [-0.2, -0.15) is 0 Å². The molecule has 0 aromatic carbocycles. The Morgan fingerprint density at radius 1 is 0.958 bits per heavy atom. The maximum Gasteiger partial charge on any atom is 0.335 e. The molecular formula is C43H70O5. The van der Waals surface area contributed by atoms with E-state index in [-0.39, 0.29) is 24.7 Å². The van der Waals surface area contributed by atoms with Gasteiger partial charge in [-0.1, -0.05) is 61.1 Å². The predicted molar refractivity (Wildman–Crippen MR) is 197 cm³/mol. The van der Waals surface area contributed by atoms with Crippen molar-refractivity contribution in [3.8, 4) is 12.3 Å². The quantitative estimate of drug-likeness (QED) is 0.0896. The van der Waals surface area contributed by atoms with Crippen LogP contribution < -0.4 is 0 Å². The maximum absolute atomic E-state index is 12.2. The molecule has 48 heavy (non-hydrogen) atoms. The Kier molecular flexibility index (Phi) is 15.4. The smallest absolute Gasteiger partial charge is 0.335 e. The van der Waals surface area contributed by atoms with Crippen LogP contribution in [0.25, 0.3) is 0 Å². The van der Waals surface area contributed by atoms with Gasteiger partial charge in [-0.15, -0.1) is 12.3 Å². The fourth-order valence-corrected chi connectivity index (χ4v) is 9.74. The van der Waals surface area contributed by atoms with Crippen LogP contribution in [-0.4, -0.2) is 36.9 Å². The molecule has 5 heteroatoms. The van der Waals surface area contributed by atoms with Crippen molar-refractivity contribution in [2.45, 2.75) is 138 Å². The van der Waals surface area contributed by atoms with Crippen LogP contribution in [0, 0.1) is 76.4 Å². The van der Waals surface area contributed by atoms with Gasteiger partial charge in [0.05, 0.1) is 25.4 Å². The summed E-state index contributed by atoms with van der Waals surface area (Å²) in [4.78, 5) is 24.3. The number of carbonyl (C=O) groups is 2. The Morgan fingerprint density at radius 2 is 1.65 bits per heavy atom. The average molecular weight is 667 g/mol. The zero-order chi connectivity index (χ0) is 35.6. The number of carbonyl (C=O) groups excluding carboxylic acids is 2. The molecule has 3 aliphatic rings. The lowest BCUT2D eigenvalue weighted by atomic mass is 9.52.